The van der Waals surface area contributed by atoms with Gasteiger partial charge in [-0.25, -0.2) is 9.78 Å². The Hall–Kier alpha value is -1.90. The molecule has 3 aliphatic rings. The quantitative estimate of drug-likeness (QED) is 0.432. The van der Waals surface area contributed by atoms with Crippen LogP contribution in [0.4, 0.5) is 0 Å². The van der Waals surface area contributed by atoms with Gasteiger partial charge in [-0.1, -0.05) is 6.08 Å². The van der Waals surface area contributed by atoms with Gasteiger partial charge in [0.15, 0.2) is 0 Å². The van der Waals surface area contributed by atoms with Gasteiger partial charge in [-0.05, 0) is 12.5 Å². The van der Waals surface area contributed by atoms with Crippen LogP contribution in [0, 0.1) is 0 Å². The summed E-state index contributed by atoms with van der Waals surface area (Å²) in [7, 11) is 1.73. The SMILES string of the molecule is CN1Cc2nc(C=C3C(=O)N4C(C(=O)O)=CCC34)cn2CC1=O.[NaH]. The van der Waals surface area contributed by atoms with Gasteiger partial charge in [0.25, 0.3) is 5.91 Å². The monoisotopic (exact) mass is 338 g/mol. The summed E-state index contributed by atoms with van der Waals surface area (Å²) in [5.74, 6) is -0.580. The average Bonchev–Trinajstić information content (AvgIpc) is 3.06. The predicted molar refractivity (Wildman–Crippen MR) is 84.8 cm³/mol. The number of carboxylic acid groups (broad SMARTS) is 1. The molecule has 1 saturated heterocycles. The molecule has 3 aliphatic heterocycles. The van der Waals surface area contributed by atoms with Crippen LogP contribution in [-0.4, -0.2) is 84.9 Å². The summed E-state index contributed by atoms with van der Waals surface area (Å²) in [6.07, 6.45) is 5.52. The fraction of sp³-hybridized carbons (Fsp3) is 0.333. The zero-order chi connectivity index (χ0) is 16.3. The Morgan fingerprint density at radius 3 is 2.83 bits per heavy atom. The summed E-state index contributed by atoms with van der Waals surface area (Å²) in [4.78, 5) is 42.3. The van der Waals surface area contributed by atoms with E-state index in [1.54, 1.807) is 34.9 Å². The average molecular weight is 338 g/mol. The molecule has 1 unspecified atom stereocenters. The molecule has 0 bridgehead atoms. The number of aromatic nitrogens is 2. The summed E-state index contributed by atoms with van der Waals surface area (Å²) in [5.41, 5.74) is 1.23. The number of fused-ring (bicyclic) bond motifs is 2. The van der Waals surface area contributed by atoms with Crippen molar-refractivity contribution in [3.63, 3.8) is 0 Å². The van der Waals surface area contributed by atoms with E-state index in [-0.39, 0.29) is 59.7 Å². The first-order valence-corrected chi connectivity index (χ1v) is 7.24. The molecule has 0 aromatic carbocycles. The van der Waals surface area contributed by atoms with Crippen LogP contribution >= 0.6 is 0 Å². The third kappa shape index (κ3) is 2.42. The van der Waals surface area contributed by atoms with E-state index in [4.69, 9.17) is 5.11 Å². The molecule has 1 aromatic heterocycles. The zero-order valence-corrected chi connectivity index (χ0v) is 12.4. The second-order valence-electron chi connectivity index (χ2n) is 5.88. The summed E-state index contributed by atoms with van der Waals surface area (Å²) >= 11 is 0. The molecular weight excluding hydrogens is 323 g/mol. The van der Waals surface area contributed by atoms with Crippen molar-refractivity contribution in [1.29, 1.82) is 0 Å². The number of rotatable bonds is 2. The van der Waals surface area contributed by atoms with E-state index < -0.39 is 5.97 Å². The molecule has 0 saturated carbocycles. The zero-order valence-electron chi connectivity index (χ0n) is 12.4. The molecule has 1 atom stereocenters. The third-order valence-electron chi connectivity index (χ3n) is 4.44. The van der Waals surface area contributed by atoms with Crippen LogP contribution in [0.1, 0.15) is 17.9 Å². The molecule has 24 heavy (non-hydrogen) atoms. The Bertz CT molecular complexity index is 825. The van der Waals surface area contributed by atoms with E-state index in [9.17, 15) is 14.4 Å². The van der Waals surface area contributed by atoms with Crippen molar-refractivity contribution in [3.05, 3.63) is 35.1 Å². The van der Waals surface area contributed by atoms with Crippen molar-refractivity contribution >= 4 is 53.4 Å². The Balaban J connectivity index is 0.00000169. The number of aliphatic carboxylic acids is 1. The number of carboxylic acids is 1. The standard InChI is InChI=1S/C15H14N4O4.Na.H/c1-17-6-12-16-8(5-18(12)7-13(17)20)4-9-10-2-3-11(15(22)23)19(10)14(9)21;;/h3-5,10H,2,6-7H2,1H3,(H,22,23);;. The Morgan fingerprint density at radius 2 is 2.12 bits per heavy atom. The Morgan fingerprint density at radius 1 is 1.38 bits per heavy atom. The first-order valence-electron chi connectivity index (χ1n) is 7.24. The molecule has 2 amide bonds. The Kier molecular flexibility index (Phi) is 4.15. The van der Waals surface area contributed by atoms with Crippen molar-refractivity contribution < 1.29 is 19.5 Å². The van der Waals surface area contributed by atoms with Crippen molar-refractivity contribution in [1.82, 2.24) is 19.4 Å². The third-order valence-corrected chi connectivity index (χ3v) is 4.44. The van der Waals surface area contributed by atoms with Gasteiger partial charge in [-0.2, -0.15) is 0 Å². The van der Waals surface area contributed by atoms with Crippen molar-refractivity contribution in [2.45, 2.75) is 25.6 Å². The number of hydrogen-bond acceptors (Lipinski definition) is 4. The number of amides is 2. The van der Waals surface area contributed by atoms with Crippen LogP contribution < -0.4 is 0 Å². The number of carbonyl (C=O) groups excluding carboxylic acids is 2. The second-order valence-corrected chi connectivity index (χ2v) is 5.88. The number of hydrogen-bond donors (Lipinski definition) is 1. The van der Waals surface area contributed by atoms with Crippen LogP contribution in [0.15, 0.2) is 23.5 Å². The number of β-lactam (4-membered cyclic amide) rings is 1. The molecule has 8 nitrogen and oxygen atoms in total. The maximum atomic E-state index is 12.2. The van der Waals surface area contributed by atoms with Crippen LogP contribution in [0.3, 0.4) is 0 Å². The number of nitrogens with zero attached hydrogens (tertiary/aromatic N) is 4. The van der Waals surface area contributed by atoms with Gasteiger partial charge in [-0.15, -0.1) is 0 Å². The van der Waals surface area contributed by atoms with Gasteiger partial charge in [0.2, 0.25) is 5.91 Å². The first kappa shape index (κ1) is 16.9. The molecule has 4 heterocycles. The van der Waals surface area contributed by atoms with E-state index in [0.29, 0.717) is 24.2 Å². The summed E-state index contributed by atoms with van der Waals surface area (Å²) in [5, 5.41) is 9.06. The summed E-state index contributed by atoms with van der Waals surface area (Å²) in [6, 6.07) is -0.211. The van der Waals surface area contributed by atoms with E-state index in [1.807, 2.05) is 0 Å². The summed E-state index contributed by atoms with van der Waals surface area (Å²) < 4.78 is 1.78. The number of likely N-dealkylation sites (N-methyl/N-ethyl adjacent to an activating group) is 1. The number of imidazole rings is 1. The van der Waals surface area contributed by atoms with Gasteiger partial charge >= 0.3 is 35.5 Å². The molecule has 0 spiro atoms. The minimum atomic E-state index is -1.08. The van der Waals surface area contributed by atoms with Crippen molar-refractivity contribution in [2.75, 3.05) is 7.05 Å². The molecule has 0 radical (unpaired) electrons. The maximum absolute atomic E-state index is 12.2. The van der Waals surface area contributed by atoms with E-state index in [2.05, 4.69) is 4.98 Å². The van der Waals surface area contributed by atoms with Crippen LogP contribution in [0.25, 0.3) is 6.08 Å². The molecule has 1 fully saturated rings. The van der Waals surface area contributed by atoms with Gasteiger partial charge in [-0.3, -0.25) is 14.5 Å². The summed E-state index contributed by atoms with van der Waals surface area (Å²) in [6.45, 7) is 0.687. The van der Waals surface area contributed by atoms with Gasteiger partial charge in [0.1, 0.15) is 18.1 Å². The van der Waals surface area contributed by atoms with E-state index in [0.717, 1.165) is 5.82 Å². The second kappa shape index (κ2) is 5.87. The fourth-order valence-corrected chi connectivity index (χ4v) is 3.21. The molecule has 0 aliphatic carbocycles. The van der Waals surface area contributed by atoms with Crippen LogP contribution in [-0.2, 0) is 27.5 Å². The van der Waals surface area contributed by atoms with E-state index in [1.165, 1.54) is 4.90 Å². The normalized spacial score (nSPS) is 23.5. The molecule has 120 valence electrons. The molecule has 1 N–H and O–H groups in total. The first-order chi connectivity index (χ1) is 11.0. The topological polar surface area (TPSA) is 95.7 Å². The predicted octanol–water partition coefficient (Wildman–Crippen LogP) is -0.827. The van der Waals surface area contributed by atoms with E-state index >= 15 is 0 Å². The van der Waals surface area contributed by atoms with Gasteiger partial charge in [0.05, 0.1) is 18.3 Å². The molecule has 1 aromatic rings. The van der Waals surface area contributed by atoms with Crippen molar-refractivity contribution in [3.8, 4) is 0 Å². The Labute approximate surface area is 159 Å². The molecule has 4 rings (SSSR count). The van der Waals surface area contributed by atoms with Gasteiger partial charge in [0, 0.05) is 18.8 Å². The number of carbonyl (C=O) groups is 3. The van der Waals surface area contributed by atoms with Gasteiger partial charge < -0.3 is 14.6 Å². The molecule has 9 heteroatoms. The van der Waals surface area contributed by atoms with Crippen LogP contribution in [0.5, 0.6) is 0 Å². The van der Waals surface area contributed by atoms with Crippen molar-refractivity contribution in [2.24, 2.45) is 0 Å². The fourth-order valence-electron chi connectivity index (χ4n) is 3.21. The molecular formula is C15H15N4NaO4. The van der Waals surface area contributed by atoms with Crippen LogP contribution in [0.2, 0.25) is 0 Å². The minimum absolute atomic E-state index is 0.